The van der Waals surface area contributed by atoms with E-state index in [1.807, 2.05) is 28.9 Å². The molecule has 0 radical (unpaired) electrons. The first-order chi connectivity index (χ1) is 16.8. The molecule has 8 heteroatoms. The van der Waals surface area contributed by atoms with Crippen molar-refractivity contribution in [3.8, 4) is 0 Å². The molecular weight excluding hydrogens is 474 g/mol. The van der Waals surface area contributed by atoms with E-state index in [0.29, 0.717) is 19.6 Å². The van der Waals surface area contributed by atoms with Gasteiger partial charge in [0.15, 0.2) is 0 Å². The van der Waals surface area contributed by atoms with Gasteiger partial charge >= 0.3 is 0 Å². The molecule has 2 saturated heterocycles. The van der Waals surface area contributed by atoms with Crippen LogP contribution in [-0.2, 0) is 14.4 Å². The lowest BCUT2D eigenvalue weighted by Gasteiger charge is -2.45. The van der Waals surface area contributed by atoms with Gasteiger partial charge in [0, 0.05) is 30.4 Å². The van der Waals surface area contributed by atoms with Crippen molar-refractivity contribution >= 4 is 29.5 Å². The van der Waals surface area contributed by atoms with Crippen LogP contribution in [0.1, 0.15) is 61.3 Å². The molecule has 7 nitrogen and oxygen atoms in total. The summed E-state index contributed by atoms with van der Waals surface area (Å²) in [4.78, 5) is 47.8. The van der Waals surface area contributed by atoms with Gasteiger partial charge in [-0.15, -0.1) is 11.8 Å². The van der Waals surface area contributed by atoms with Crippen LogP contribution in [0.15, 0.2) is 24.3 Å². The molecule has 36 heavy (non-hydrogen) atoms. The monoisotopic (exact) mass is 517 g/mol. The maximum Gasteiger partial charge on any atom is 0.247 e. The van der Waals surface area contributed by atoms with Gasteiger partial charge in [0.1, 0.15) is 6.04 Å². The summed E-state index contributed by atoms with van der Waals surface area (Å²) >= 11 is 1.60. The third kappa shape index (κ3) is 4.32. The first-order valence-corrected chi connectivity index (χ1v) is 14.2. The van der Waals surface area contributed by atoms with Crippen LogP contribution in [0.2, 0.25) is 0 Å². The van der Waals surface area contributed by atoms with Crippen LogP contribution in [0.4, 0.5) is 0 Å². The highest BCUT2D eigenvalue weighted by Crippen LogP contribution is 2.61. The SMILES string of the molecule is CCCN1CC=C[C@H]2S[C@]34C=CCN(C(C)(C)CC(C)(C)C)C(=O)C3N([C@H](C)CO)C(=O)[C@@H]4[C@H]2C1=O. The van der Waals surface area contributed by atoms with Gasteiger partial charge in [0.25, 0.3) is 0 Å². The van der Waals surface area contributed by atoms with Crippen molar-refractivity contribution in [1.82, 2.24) is 14.7 Å². The summed E-state index contributed by atoms with van der Waals surface area (Å²) < 4.78 is -0.839. The maximum atomic E-state index is 14.5. The molecule has 4 heterocycles. The zero-order valence-corrected chi connectivity index (χ0v) is 23.7. The van der Waals surface area contributed by atoms with Gasteiger partial charge in [-0.05, 0) is 39.0 Å². The largest absolute Gasteiger partial charge is 0.394 e. The fourth-order valence-corrected chi connectivity index (χ4v) is 9.09. The highest BCUT2D eigenvalue weighted by atomic mass is 32.2. The third-order valence-corrected chi connectivity index (χ3v) is 9.85. The summed E-state index contributed by atoms with van der Waals surface area (Å²) in [6, 6.07) is -1.27. The van der Waals surface area contributed by atoms with Crippen LogP contribution >= 0.6 is 11.8 Å². The number of likely N-dealkylation sites (tertiary alicyclic amines) is 1. The van der Waals surface area contributed by atoms with Crippen LogP contribution in [0, 0.1) is 17.3 Å². The van der Waals surface area contributed by atoms with E-state index >= 15 is 0 Å². The molecule has 0 aromatic rings. The summed E-state index contributed by atoms with van der Waals surface area (Å²) in [6.07, 6.45) is 9.85. The van der Waals surface area contributed by atoms with E-state index in [1.54, 1.807) is 23.6 Å². The van der Waals surface area contributed by atoms with E-state index in [9.17, 15) is 19.5 Å². The van der Waals surface area contributed by atoms with Crippen LogP contribution in [0.5, 0.6) is 0 Å². The fraction of sp³-hybridized carbons (Fsp3) is 0.750. The lowest BCUT2D eigenvalue weighted by molar-refractivity contribution is -0.149. The van der Waals surface area contributed by atoms with Gasteiger partial charge in [-0.25, -0.2) is 0 Å². The van der Waals surface area contributed by atoms with Crippen LogP contribution < -0.4 is 0 Å². The Morgan fingerprint density at radius 3 is 2.39 bits per heavy atom. The summed E-state index contributed by atoms with van der Waals surface area (Å²) in [5.74, 6) is -1.42. The molecule has 1 spiro atoms. The number of amides is 3. The Kier molecular flexibility index (Phi) is 7.19. The summed E-state index contributed by atoms with van der Waals surface area (Å²) in [5.41, 5.74) is -0.416. The van der Waals surface area contributed by atoms with Gasteiger partial charge in [-0.1, -0.05) is 52.0 Å². The van der Waals surface area contributed by atoms with E-state index in [2.05, 4.69) is 46.8 Å². The molecule has 2 fully saturated rings. The predicted molar refractivity (Wildman–Crippen MR) is 143 cm³/mol. The molecule has 0 aliphatic carbocycles. The second-order valence-electron chi connectivity index (χ2n) is 12.7. The molecule has 200 valence electrons. The summed E-state index contributed by atoms with van der Waals surface area (Å²) in [5, 5.41) is 9.95. The van der Waals surface area contributed by atoms with Crippen molar-refractivity contribution in [3.63, 3.8) is 0 Å². The second kappa shape index (κ2) is 9.50. The van der Waals surface area contributed by atoms with E-state index in [0.717, 1.165) is 12.8 Å². The van der Waals surface area contributed by atoms with E-state index in [1.165, 1.54) is 0 Å². The molecule has 0 bridgehead atoms. The van der Waals surface area contributed by atoms with E-state index in [-0.39, 0.29) is 35.0 Å². The molecule has 0 aromatic carbocycles. The number of rotatable bonds is 6. The third-order valence-electron chi connectivity index (χ3n) is 8.11. The molecule has 4 aliphatic heterocycles. The number of thioether (sulfide) groups is 1. The molecule has 6 atom stereocenters. The van der Waals surface area contributed by atoms with E-state index < -0.39 is 34.2 Å². The van der Waals surface area contributed by atoms with Gasteiger partial charge in [-0.3, -0.25) is 14.4 Å². The number of nitrogens with zero attached hydrogens (tertiary/aromatic N) is 3. The quantitative estimate of drug-likeness (QED) is 0.548. The lowest BCUT2D eigenvalue weighted by atomic mass is 9.77. The molecular formula is C28H43N3O4S. The van der Waals surface area contributed by atoms with Crippen molar-refractivity contribution in [1.29, 1.82) is 0 Å². The van der Waals surface area contributed by atoms with Crippen molar-refractivity contribution in [2.24, 2.45) is 17.3 Å². The standard InChI is InChI=1S/C28H43N3O4S/c1-8-13-29-14-9-11-19-20(23(29)33)21-24(34)31(18(2)16-32)22-25(35)30(15-10-12-28(21,22)36-19)27(6,7)17-26(3,4)5/h9-12,18-22,32H,8,13-17H2,1-7H3/t18-,19-,20+,21+,22?,28+/m1/s1. The number of hydrogen-bond donors (Lipinski definition) is 1. The Morgan fingerprint density at radius 2 is 1.78 bits per heavy atom. The fourth-order valence-electron chi connectivity index (χ4n) is 7.10. The number of aliphatic hydroxyl groups is 1. The molecule has 1 N–H and O–H groups in total. The van der Waals surface area contributed by atoms with Crippen LogP contribution in [-0.4, -0.2) is 91.4 Å². The van der Waals surface area contributed by atoms with Gasteiger partial charge in [0.05, 0.1) is 29.2 Å². The molecule has 4 rings (SSSR count). The first-order valence-electron chi connectivity index (χ1n) is 13.3. The van der Waals surface area contributed by atoms with Crippen molar-refractivity contribution < 1.29 is 19.5 Å². The molecule has 1 unspecified atom stereocenters. The van der Waals surface area contributed by atoms with Crippen molar-refractivity contribution in [3.05, 3.63) is 24.3 Å². The highest BCUT2D eigenvalue weighted by molar-refractivity contribution is 8.02. The average Bonchev–Trinajstić information content (AvgIpc) is 3.09. The molecule has 0 aromatic heterocycles. The zero-order chi connectivity index (χ0) is 26.6. The van der Waals surface area contributed by atoms with Crippen molar-refractivity contribution in [2.45, 2.75) is 88.9 Å². The van der Waals surface area contributed by atoms with Gasteiger partial charge in [0.2, 0.25) is 17.7 Å². The minimum absolute atomic E-state index is 0.00170. The Labute approximate surface area is 220 Å². The minimum Gasteiger partial charge on any atom is -0.394 e. The normalized spacial score (nSPS) is 33.4. The zero-order valence-electron chi connectivity index (χ0n) is 22.9. The molecule has 4 aliphatic rings. The summed E-state index contributed by atoms with van der Waals surface area (Å²) in [6.45, 7) is 16.0. The number of carbonyl (C=O) groups is 3. The molecule has 3 amide bonds. The Balaban J connectivity index is 1.82. The number of fused-ring (bicyclic) bond motifs is 2. The summed E-state index contributed by atoms with van der Waals surface area (Å²) in [7, 11) is 0. The highest BCUT2D eigenvalue weighted by Gasteiger charge is 2.71. The van der Waals surface area contributed by atoms with E-state index in [4.69, 9.17) is 0 Å². The van der Waals surface area contributed by atoms with Crippen LogP contribution in [0.3, 0.4) is 0 Å². The Morgan fingerprint density at radius 1 is 1.08 bits per heavy atom. The minimum atomic E-state index is -0.839. The van der Waals surface area contributed by atoms with Crippen LogP contribution in [0.25, 0.3) is 0 Å². The first kappa shape index (κ1) is 27.2. The number of aliphatic hydroxyl groups excluding tert-OH is 1. The lowest BCUT2D eigenvalue weighted by Crippen LogP contribution is -2.60. The average molecular weight is 518 g/mol. The molecule has 0 saturated carbocycles. The number of hydrogen-bond acceptors (Lipinski definition) is 5. The Hall–Kier alpha value is -1.80. The predicted octanol–water partition coefficient (Wildman–Crippen LogP) is 3.09. The topological polar surface area (TPSA) is 81.2 Å². The smallest absolute Gasteiger partial charge is 0.247 e. The van der Waals surface area contributed by atoms with Gasteiger partial charge in [-0.2, -0.15) is 0 Å². The maximum absolute atomic E-state index is 14.5. The Bertz CT molecular complexity index is 970. The van der Waals surface area contributed by atoms with Crippen molar-refractivity contribution in [2.75, 3.05) is 26.2 Å². The number of carbonyl (C=O) groups excluding carboxylic acids is 3. The second-order valence-corrected chi connectivity index (χ2v) is 14.2. The van der Waals surface area contributed by atoms with Gasteiger partial charge < -0.3 is 19.8 Å².